The van der Waals surface area contributed by atoms with E-state index >= 15 is 0 Å². The van der Waals surface area contributed by atoms with Crippen molar-refractivity contribution < 1.29 is 13.6 Å². The second-order valence-electron chi connectivity index (χ2n) is 5.83. The van der Waals surface area contributed by atoms with Gasteiger partial charge in [-0.2, -0.15) is 5.10 Å². The molecular formula is C14H23ClF2N4O. The first kappa shape index (κ1) is 18.8. The summed E-state index contributed by atoms with van der Waals surface area (Å²) in [6.45, 7) is 0.0354. The second-order valence-corrected chi connectivity index (χ2v) is 5.83. The Hall–Kier alpha value is -1.21. The Morgan fingerprint density at radius 2 is 2.09 bits per heavy atom. The number of nitrogens with one attached hydrogen (secondary N) is 1. The van der Waals surface area contributed by atoms with Gasteiger partial charge in [0.05, 0.1) is 11.9 Å². The van der Waals surface area contributed by atoms with E-state index in [0.717, 1.165) is 30.4 Å². The van der Waals surface area contributed by atoms with Crippen LogP contribution < -0.4 is 11.1 Å². The third-order valence-corrected chi connectivity index (χ3v) is 4.12. The van der Waals surface area contributed by atoms with Crippen molar-refractivity contribution in [3.8, 4) is 0 Å². The number of carbonyl (C=O) groups is 1. The molecule has 1 heterocycles. The molecule has 0 saturated heterocycles. The van der Waals surface area contributed by atoms with Crippen molar-refractivity contribution in [1.82, 2.24) is 9.78 Å². The SMILES string of the molecule is Cl.NCC1(CC(=O)Nc2cnn(CC(F)F)c2)CCCCC1. The van der Waals surface area contributed by atoms with E-state index in [2.05, 4.69) is 10.4 Å². The lowest BCUT2D eigenvalue weighted by atomic mass is 9.71. The van der Waals surface area contributed by atoms with Gasteiger partial charge in [-0.25, -0.2) is 8.78 Å². The summed E-state index contributed by atoms with van der Waals surface area (Å²) in [6, 6.07) is 0. The molecular weight excluding hydrogens is 314 g/mol. The zero-order valence-corrected chi connectivity index (χ0v) is 13.2. The van der Waals surface area contributed by atoms with Crippen molar-refractivity contribution in [2.75, 3.05) is 11.9 Å². The number of hydrogen-bond donors (Lipinski definition) is 2. The Labute approximate surface area is 135 Å². The molecule has 8 heteroatoms. The number of nitrogens with two attached hydrogens (primary N) is 1. The van der Waals surface area contributed by atoms with E-state index in [0.29, 0.717) is 18.7 Å². The first-order chi connectivity index (χ1) is 10.0. The van der Waals surface area contributed by atoms with Gasteiger partial charge in [-0.3, -0.25) is 9.48 Å². The normalized spacial score (nSPS) is 17.1. The average Bonchev–Trinajstić information content (AvgIpc) is 2.85. The zero-order chi connectivity index (χ0) is 15.3. The van der Waals surface area contributed by atoms with Crippen molar-refractivity contribution in [1.29, 1.82) is 0 Å². The highest BCUT2D eigenvalue weighted by molar-refractivity contribution is 5.90. The molecule has 0 aromatic carbocycles. The Bertz CT molecular complexity index is 475. The van der Waals surface area contributed by atoms with Crippen molar-refractivity contribution in [3.63, 3.8) is 0 Å². The van der Waals surface area contributed by atoms with E-state index in [1.165, 1.54) is 18.8 Å². The standard InChI is InChI=1S/C14H22F2N4O.ClH/c15-12(16)9-20-8-11(7-18-20)19-13(21)6-14(10-17)4-2-1-3-5-14;/h7-8,12H,1-6,9-10,17H2,(H,19,21);1H. The summed E-state index contributed by atoms with van der Waals surface area (Å²) in [5, 5.41) is 6.51. The summed E-state index contributed by atoms with van der Waals surface area (Å²) in [7, 11) is 0. The predicted octanol–water partition coefficient (Wildman–Crippen LogP) is 2.81. The van der Waals surface area contributed by atoms with Crippen LogP contribution in [0.25, 0.3) is 0 Å². The highest BCUT2D eigenvalue weighted by Crippen LogP contribution is 2.38. The first-order valence-corrected chi connectivity index (χ1v) is 7.33. The Morgan fingerprint density at radius 3 is 2.68 bits per heavy atom. The van der Waals surface area contributed by atoms with Crippen LogP contribution in [0.4, 0.5) is 14.5 Å². The number of carbonyl (C=O) groups excluding carboxylic acids is 1. The summed E-state index contributed by atoms with van der Waals surface area (Å²) in [5.74, 6) is -0.126. The Kier molecular flexibility index (Phi) is 7.22. The van der Waals surface area contributed by atoms with Crippen LogP contribution >= 0.6 is 12.4 Å². The number of hydrogen-bond acceptors (Lipinski definition) is 3. The molecule has 1 fully saturated rings. The molecule has 1 amide bonds. The second kappa shape index (κ2) is 8.43. The lowest BCUT2D eigenvalue weighted by Gasteiger charge is -2.35. The summed E-state index contributed by atoms with van der Waals surface area (Å²) in [5.41, 5.74) is 6.20. The number of alkyl halides is 2. The van der Waals surface area contributed by atoms with Crippen LogP contribution in [0.1, 0.15) is 38.5 Å². The third-order valence-electron chi connectivity index (χ3n) is 4.12. The van der Waals surface area contributed by atoms with Crippen molar-refractivity contribution in [3.05, 3.63) is 12.4 Å². The maximum absolute atomic E-state index is 12.2. The summed E-state index contributed by atoms with van der Waals surface area (Å²) >= 11 is 0. The third kappa shape index (κ3) is 5.21. The molecule has 0 unspecified atom stereocenters. The highest BCUT2D eigenvalue weighted by Gasteiger charge is 2.33. The van der Waals surface area contributed by atoms with Gasteiger partial charge in [-0.15, -0.1) is 12.4 Å². The number of nitrogens with zero attached hydrogens (tertiary/aromatic N) is 2. The van der Waals surface area contributed by atoms with Gasteiger partial charge >= 0.3 is 0 Å². The zero-order valence-electron chi connectivity index (χ0n) is 12.4. The van der Waals surface area contributed by atoms with Gasteiger partial charge in [-0.05, 0) is 24.8 Å². The molecule has 1 aromatic heterocycles. The largest absolute Gasteiger partial charge is 0.330 e. The number of anilines is 1. The fraction of sp³-hybridized carbons (Fsp3) is 0.714. The van der Waals surface area contributed by atoms with Crippen LogP contribution in [0, 0.1) is 5.41 Å². The molecule has 0 atom stereocenters. The summed E-state index contributed by atoms with van der Waals surface area (Å²) in [4.78, 5) is 12.1. The van der Waals surface area contributed by atoms with E-state index < -0.39 is 13.0 Å². The molecule has 0 radical (unpaired) electrons. The smallest absolute Gasteiger partial charge is 0.257 e. The quantitative estimate of drug-likeness (QED) is 0.839. The molecule has 3 N–H and O–H groups in total. The maximum atomic E-state index is 12.2. The Balaban J connectivity index is 0.00000242. The fourth-order valence-corrected chi connectivity index (χ4v) is 2.97. The van der Waals surface area contributed by atoms with Crippen LogP contribution in [0.3, 0.4) is 0 Å². The van der Waals surface area contributed by atoms with Gasteiger partial charge in [-0.1, -0.05) is 19.3 Å². The van der Waals surface area contributed by atoms with Crippen LogP contribution in [0.2, 0.25) is 0 Å². The lowest BCUT2D eigenvalue weighted by Crippen LogP contribution is -2.36. The van der Waals surface area contributed by atoms with E-state index in [4.69, 9.17) is 5.73 Å². The van der Waals surface area contributed by atoms with Crippen LogP contribution in [-0.4, -0.2) is 28.7 Å². The number of halogens is 3. The molecule has 5 nitrogen and oxygen atoms in total. The van der Waals surface area contributed by atoms with E-state index in [1.54, 1.807) is 0 Å². The van der Waals surface area contributed by atoms with Gasteiger partial charge in [0.2, 0.25) is 5.91 Å². The summed E-state index contributed by atoms with van der Waals surface area (Å²) < 4.78 is 25.6. The van der Waals surface area contributed by atoms with Gasteiger partial charge in [0, 0.05) is 12.6 Å². The monoisotopic (exact) mass is 336 g/mol. The molecule has 1 aliphatic carbocycles. The summed E-state index contributed by atoms with van der Waals surface area (Å²) in [6.07, 6.45) is 6.08. The van der Waals surface area contributed by atoms with Crippen LogP contribution in [0.5, 0.6) is 0 Å². The molecule has 1 aliphatic rings. The van der Waals surface area contributed by atoms with Crippen LogP contribution in [0.15, 0.2) is 12.4 Å². The molecule has 0 bridgehead atoms. The maximum Gasteiger partial charge on any atom is 0.257 e. The fourth-order valence-electron chi connectivity index (χ4n) is 2.97. The van der Waals surface area contributed by atoms with Crippen molar-refractivity contribution in [2.24, 2.45) is 11.1 Å². The molecule has 0 aliphatic heterocycles. The van der Waals surface area contributed by atoms with Gasteiger partial charge in [0.15, 0.2) is 0 Å². The molecule has 2 rings (SSSR count). The lowest BCUT2D eigenvalue weighted by molar-refractivity contribution is -0.118. The predicted molar refractivity (Wildman–Crippen MR) is 83.3 cm³/mol. The number of rotatable bonds is 6. The molecule has 126 valence electrons. The minimum Gasteiger partial charge on any atom is -0.330 e. The molecule has 22 heavy (non-hydrogen) atoms. The first-order valence-electron chi connectivity index (χ1n) is 7.33. The van der Waals surface area contributed by atoms with Crippen LogP contribution in [-0.2, 0) is 11.3 Å². The van der Waals surface area contributed by atoms with E-state index in [9.17, 15) is 13.6 Å². The average molecular weight is 337 g/mol. The number of amides is 1. The van der Waals surface area contributed by atoms with E-state index in [-0.39, 0.29) is 23.7 Å². The van der Waals surface area contributed by atoms with Gasteiger partial charge in [0.25, 0.3) is 6.43 Å². The highest BCUT2D eigenvalue weighted by atomic mass is 35.5. The number of aromatic nitrogens is 2. The Morgan fingerprint density at radius 1 is 1.41 bits per heavy atom. The van der Waals surface area contributed by atoms with Gasteiger partial charge < -0.3 is 11.1 Å². The minimum atomic E-state index is -2.46. The van der Waals surface area contributed by atoms with Crippen molar-refractivity contribution in [2.45, 2.75) is 51.5 Å². The molecule has 0 spiro atoms. The molecule has 1 saturated carbocycles. The van der Waals surface area contributed by atoms with Gasteiger partial charge in [0.1, 0.15) is 6.54 Å². The topological polar surface area (TPSA) is 72.9 Å². The minimum absolute atomic E-state index is 0. The molecule has 1 aromatic rings. The van der Waals surface area contributed by atoms with Crippen molar-refractivity contribution >= 4 is 24.0 Å². The van der Waals surface area contributed by atoms with E-state index in [1.807, 2.05) is 0 Å².